The minimum Gasteiger partial charge on any atom is -0.360 e. The fraction of sp³-hybridized carbons (Fsp3) is 0.0909. The first-order valence-corrected chi connectivity index (χ1v) is 10.2. The van der Waals surface area contributed by atoms with Crippen molar-refractivity contribution < 1.29 is 9.32 Å². The number of thioether (sulfide) groups is 1. The van der Waals surface area contributed by atoms with Crippen LogP contribution in [0.2, 0.25) is 0 Å². The average Bonchev–Trinajstić information content (AvgIpc) is 3.40. The molecule has 0 aliphatic rings. The number of carbonyl (C=O) groups is 1. The van der Waals surface area contributed by atoms with Crippen LogP contribution in [0.5, 0.6) is 0 Å². The molecular weight excluding hydrogens is 398 g/mol. The Morgan fingerprint density at radius 2 is 1.83 bits per heavy atom. The van der Waals surface area contributed by atoms with Crippen LogP contribution < -0.4 is 5.32 Å². The summed E-state index contributed by atoms with van der Waals surface area (Å²) in [6.45, 7) is 1.77. The van der Waals surface area contributed by atoms with Crippen LogP contribution in [0.4, 0.5) is 5.82 Å². The van der Waals surface area contributed by atoms with E-state index in [4.69, 9.17) is 4.52 Å². The average molecular weight is 417 g/mol. The highest BCUT2D eigenvalue weighted by Gasteiger charge is 2.24. The van der Waals surface area contributed by atoms with Gasteiger partial charge in [-0.25, -0.2) is 4.98 Å². The normalized spacial score (nSPS) is 12.2. The van der Waals surface area contributed by atoms with Crippen molar-refractivity contribution >= 4 is 35.6 Å². The summed E-state index contributed by atoms with van der Waals surface area (Å²) in [5.41, 5.74) is 1.90. The molecule has 4 rings (SSSR count). The summed E-state index contributed by atoms with van der Waals surface area (Å²) in [5.74, 6) is 1.38. The number of hydrogen-bond acceptors (Lipinski definition) is 6. The Kier molecular flexibility index (Phi) is 6.05. The fourth-order valence-electron chi connectivity index (χ4n) is 2.75. The van der Waals surface area contributed by atoms with Gasteiger partial charge in [0.05, 0.1) is 0 Å². The van der Waals surface area contributed by atoms with Crippen molar-refractivity contribution in [1.29, 1.82) is 0 Å². The maximum atomic E-state index is 13.0. The Balaban J connectivity index is 1.51. The van der Waals surface area contributed by atoms with E-state index in [2.05, 4.69) is 25.7 Å². The fourth-order valence-corrected chi connectivity index (χ4v) is 3.67. The molecule has 0 spiro atoms. The summed E-state index contributed by atoms with van der Waals surface area (Å²) in [7, 11) is 0. The monoisotopic (exact) mass is 417 g/mol. The number of carbonyl (C=O) groups excluding carboxylic acids is 1. The van der Waals surface area contributed by atoms with Crippen LogP contribution >= 0.6 is 11.8 Å². The zero-order valence-corrected chi connectivity index (χ0v) is 17.0. The predicted octanol–water partition coefficient (Wildman–Crippen LogP) is 4.74. The van der Waals surface area contributed by atoms with Crippen molar-refractivity contribution in [1.82, 2.24) is 20.3 Å². The second-order valence-corrected chi connectivity index (χ2v) is 7.54. The number of aromatic nitrogens is 4. The standard InChI is InChI=1S/C22H19N5O2S/c1-15-14-19(27-29-15)23-21(28)20(17-10-6-3-7-11-17)30-22-24-18(25-26-22)13-12-16-8-4-2-5-9-16/h2-14,20H,1H3,(H,23,27,28)(H,24,25,26)/b13-12+. The van der Waals surface area contributed by atoms with Gasteiger partial charge in [-0.3, -0.25) is 9.89 Å². The largest absolute Gasteiger partial charge is 0.360 e. The topological polar surface area (TPSA) is 96.7 Å². The summed E-state index contributed by atoms with van der Waals surface area (Å²) < 4.78 is 5.03. The molecule has 150 valence electrons. The number of H-pyrrole nitrogens is 1. The quantitative estimate of drug-likeness (QED) is 0.422. The Hall–Kier alpha value is -3.65. The first kappa shape index (κ1) is 19.7. The van der Waals surface area contributed by atoms with E-state index in [1.54, 1.807) is 13.0 Å². The number of amides is 1. The summed E-state index contributed by atoms with van der Waals surface area (Å²) in [6.07, 6.45) is 3.80. The smallest absolute Gasteiger partial charge is 0.243 e. The lowest BCUT2D eigenvalue weighted by Crippen LogP contribution is -2.19. The molecule has 30 heavy (non-hydrogen) atoms. The van der Waals surface area contributed by atoms with Crippen molar-refractivity contribution in [2.75, 3.05) is 5.32 Å². The van der Waals surface area contributed by atoms with Gasteiger partial charge in [0.1, 0.15) is 16.8 Å². The van der Waals surface area contributed by atoms with Crippen LogP contribution in [-0.4, -0.2) is 26.2 Å². The first-order valence-electron chi connectivity index (χ1n) is 9.29. The number of aromatic amines is 1. The van der Waals surface area contributed by atoms with E-state index in [9.17, 15) is 4.79 Å². The molecule has 2 aromatic heterocycles. The van der Waals surface area contributed by atoms with E-state index in [1.807, 2.05) is 72.8 Å². The van der Waals surface area contributed by atoms with Gasteiger partial charge in [-0.1, -0.05) is 83.7 Å². The van der Waals surface area contributed by atoms with Gasteiger partial charge < -0.3 is 9.84 Å². The summed E-state index contributed by atoms with van der Waals surface area (Å²) in [5, 5.41) is 13.7. The number of nitrogens with one attached hydrogen (secondary N) is 2. The Labute approximate surface area is 177 Å². The molecule has 0 bridgehead atoms. The van der Waals surface area contributed by atoms with E-state index < -0.39 is 5.25 Å². The van der Waals surface area contributed by atoms with Crippen LogP contribution in [0.1, 0.15) is 28.0 Å². The van der Waals surface area contributed by atoms with Gasteiger partial charge in [0.2, 0.25) is 11.1 Å². The minimum absolute atomic E-state index is 0.231. The Bertz CT molecular complexity index is 1140. The van der Waals surface area contributed by atoms with E-state index in [0.717, 1.165) is 11.1 Å². The molecule has 2 heterocycles. The van der Waals surface area contributed by atoms with E-state index >= 15 is 0 Å². The molecule has 2 N–H and O–H groups in total. The van der Waals surface area contributed by atoms with E-state index in [0.29, 0.717) is 22.6 Å². The second kappa shape index (κ2) is 9.23. The predicted molar refractivity (Wildman–Crippen MR) is 117 cm³/mol. The molecule has 0 saturated carbocycles. The molecule has 8 heteroatoms. The molecule has 1 atom stereocenters. The number of aryl methyl sites for hydroxylation is 1. The maximum Gasteiger partial charge on any atom is 0.243 e. The van der Waals surface area contributed by atoms with Gasteiger partial charge in [0.25, 0.3) is 0 Å². The molecule has 2 aromatic carbocycles. The highest BCUT2D eigenvalue weighted by molar-refractivity contribution is 8.00. The lowest BCUT2D eigenvalue weighted by Gasteiger charge is -2.14. The highest BCUT2D eigenvalue weighted by Crippen LogP contribution is 2.34. The summed E-state index contributed by atoms with van der Waals surface area (Å²) in [4.78, 5) is 17.4. The lowest BCUT2D eigenvalue weighted by molar-refractivity contribution is -0.115. The minimum atomic E-state index is -0.551. The van der Waals surface area contributed by atoms with Crippen molar-refractivity contribution in [3.8, 4) is 0 Å². The molecule has 0 radical (unpaired) electrons. The molecule has 4 aromatic rings. The number of anilines is 1. The number of hydrogen-bond donors (Lipinski definition) is 2. The van der Waals surface area contributed by atoms with Crippen molar-refractivity contribution in [3.63, 3.8) is 0 Å². The van der Waals surface area contributed by atoms with Crippen LogP contribution in [0.3, 0.4) is 0 Å². The highest BCUT2D eigenvalue weighted by atomic mass is 32.2. The Morgan fingerprint density at radius 3 is 2.53 bits per heavy atom. The van der Waals surface area contributed by atoms with Crippen LogP contribution in [-0.2, 0) is 4.79 Å². The number of nitrogens with zero attached hydrogens (tertiary/aromatic N) is 3. The van der Waals surface area contributed by atoms with E-state index in [-0.39, 0.29) is 5.91 Å². The maximum absolute atomic E-state index is 13.0. The zero-order chi connectivity index (χ0) is 20.8. The van der Waals surface area contributed by atoms with Crippen molar-refractivity contribution in [3.05, 3.63) is 89.4 Å². The second-order valence-electron chi connectivity index (χ2n) is 6.47. The van der Waals surface area contributed by atoms with Gasteiger partial charge in [0, 0.05) is 6.07 Å². The molecule has 0 aliphatic carbocycles. The lowest BCUT2D eigenvalue weighted by atomic mass is 10.1. The SMILES string of the molecule is Cc1cc(NC(=O)C(Sc2n[nH]c(/C=C/c3ccccc3)n2)c2ccccc2)no1. The molecule has 1 unspecified atom stereocenters. The molecule has 0 fully saturated rings. The van der Waals surface area contributed by atoms with Gasteiger partial charge >= 0.3 is 0 Å². The van der Waals surface area contributed by atoms with E-state index in [1.165, 1.54) is 11.8 Å². The summed E-state index contributed by atoms with van der Waals surface area (Å²) >= 11 is 1.26. The van der Waals surface area contributed by atoms with Gasteiger partial charge in [-0.15, -0.1) is 5.10 Å². The van der Waals surface area contributed by atoms with Gasteiger partial charge in [-0.2, -0.15) is 0 Å². The Morgan fingerprint density at radius 1 is 1.10 bits per heavy atom. The van der Waals surface area contributed by atoms with Gasteiger partial charge in [0.15, 0.2) is 5.82 Å². The van der Waals surface area contributed by atoms with Crippen molar-refractivity contribution in [2.45, 2.75) is 17.3 Å². The molecule has 0 aliphatic heterocycles. The third-order valence-electron chi connectivity index (χ3n) is 4.16. The molecular formula is C22H19N5O2S. The van der Waals surface area contributed by atoms with Crippen LogP contribution in [0, 0.1) is 6.92 Å². The zero-order valence-electron chi connectivity index (χ0n) is 16.1. The molecule has 7 nitrogen and oxygen atoms in total. The van der Waals surface area contributed by atoms with Crippen LogP contribution in [0.25, 0.3) is 12.2 Å². The number of rotatable bonds is 7. The first-order chi connectivity index (χ1) is 14.7. The molecule has 0 saturated heterocycles. The van der Waals surface area contributed by atoms with Crippen molar-refractivity contribution in [2.24, 2.45) is 0 Å². The number of benzene rings is 2. The van der Waals surface area contributed by atoms with Gasteiger partial charge in [-0.05, 0) is 24.1 Å². The third kappa shape index (κ3) is 5.03. The van der Waals surface area contributed by atoms with Crippen LogP contribution in [0.15, 0.2) is 76.4 Å². The third-order valence-corrected chi connectivity index (χ3v) is 5.27. The summed E-state index contributed by atoms with van der Waals surface area (Å²) in [6, 6.07) is 21.1. The molecule has 1 amide bonds.